The molecule has 0 spiro atoms. The van der Waals surface area contributed by atoms with Gasteiger partial charge in [0.25, 0.3) is 0 Å². The zero-order valence-corrected chi connectivity index (χ0v) is 20.5. The summed E-state index contributed by atoms with van der Waals surface area (Å²) in [6.45, 7) is 6.36. The molecule has 0 fully saturated rings. The molecule has 0 bridgehead atoms. The van der Waals surface area contributed by atoms with E-state index in [1.54, 1.807) is 24.7 Å². The van der Waals surface area contributed by atoms with Gasteiger partial charge >= 0.3 is 0 Å². The Morgan fingerprint density at radius 2 is 1.75 bits per heavy atom. The molecule has 6 heteroatoms. The average Bonchev–Trinajstić information content (AvgIpc) is 3.29. The highest BCUT2D eigenvalue weighted by atomic mass is 19.1. The molecular formula is C30H27FN4O. The van der Waals surface area contributed by atoms with E-state index in [0.29, 0.717) is 16.8 Å². The van der Waals surface area contributed by atoms with Crippen molar-refractivity contribution in [1.82, 2.24) is 14.4 Å². The van der Waals surface area contributed by atoms with Crippen LogP contribution in [0, 0.1) is 5.82 Å². The zero-order chi connectivity index (χ0) is 25.3. The number of hydrogen-bond donors (Lipinski definition) is 1. The van der Waals surface area contributed by atoms with E-state index in [9.17, 15) is 4.79 Å². The number of carbonyl (C=O) groups is 1. The van der Waals surface area contributed by atoms with Crippen LogP contribution in [0.4, 0.5) is 10.1 Å². The van der Waals surface area contributed by atoms with Crippen molar-refractivity contribution in [3.8, 4) is 22.4 Å². The van der Waals surface area contributed by atoms with Crippen LogP contribution in [0.5, 0.6) is 0 Å². The van der Waals surface area contributed by atoms with Crippen LogP contribution in [-0.4, -0.2) is 20.3 Å². The number of carbonyl (C=O) groups excluding carboxylic acids is 1. The van der Waals surface area contributed by atoms with E-state index in [4.69, 9.17) is 0 Å². The van der Waals surface area contributed by atoms with Crippen LogP contribution in [0.3, 0.4) is 0 Å². The van der Waals surface area contributed by atoms with Crippen LogP contribution >= 0.6 is 0 Å². The number of imidazole rings is 1. The predicted molar refractivity (Wildman–Crippen MR) is 141 cm³/mol. The Morgan fingerprint density at radius 3 is 2.50 bits per heavy atom. The molecule has 0 saturated carbocycles. The lowest BCUT2D eigenvalue weighted by Gasteiger charge is -2.20. The molecular weight excluding hydrogens is 451 g/mol. The first-order valence-corrected chi connectivity index (χ1v) is 11.8. The second kappa shape index (κ2) is 9.38. The molecule has 3 aromatic heterocycles. The highest BCUT2D eigenvalue weighted by Crippen LogP contribution is 2.27. The van der Waals surface area contributed by atoms with Gasteiger partial charge in [-0.15, -0.1) is 0 Å². The number of nitrogens with one attached hydrogen (secondary N) is 1. The first-order valence-electron chi connectivity index (χ1n) is 11.8. The average molecular weight is 479 g/mol. The number of nitrogens with zero attached hydrogens (tertiary/aromatic N) is 3. The second-order valence-electron chi connectivity index (χ2n) is 9.88. The number of aromatic nitrogens is 3. The molecule has 0 aliphatic carbocycles. The van der Waals surface area contributed by atoms with Crippen molar-refractivity contribution >= 4 is 17.2 Å². The van der Waals surface area contributed by atoms with E-state index in [1.165, 1.54) is 6.07 Å². The summed E-state index contributed by atoms with van der Waals surface area (Å²) in [7, 11) is 0. The normalized spacial score (nSPS) is 11.6. The summed E-state index contributed by atoms with van der Waals surface area (Å²) < 4.78 is 17.0. The third-order valence-corrected chi connectivity index (χ3v) is 6.24. The van der Waals surface area contributed by atoms with Gasteiger partial charge in [-0.1, -0.05) is 45.0 Å². The quantitative estimate of drug-likeness (QED) is 0.306. The Bertz CT molecular complexity index is 1550. The Balaban J connectivity index is 1.34. The minimum atomic E-state index is -0.422. The van der Waals surface area contributed by atoms with Crippen molar-refractivity contribution in [2.45, 2.75) is 32.6 Å². The molecule has 0 aliphatic rings. The lowest BCUT2D eigenvalue weighted by Crippen LogP contribution is -2.16. The summed E-state index contributed by atoms with van der Waals surface area (Å²) in [5.41, 5.74) is 6.47. The van der Waals surface area contributed by atoms with E-state index in [2.05, 4.69) is 36.1 Å². The molecule has 3 heterocycles. The fourth-order valence-corrected chi connectivity index (χ4v) is 4.21. The number of halogens is 1. The summed E-state index contributed by atoms with van der Waals surface area (Å²) in [5.74, 6) is -0.680. The Kier molecular flexibility index (Phi) is 6.10. The van der Waals surface area contributed by atoms with Crippen LogP contribution in [-0.2, 0) is 16.6 Å². The van der Waals surface area contributed by atoms with Crippen LogP contribution in [0.25, 0.3) is 28.0 Å². The molecule has 180 valence electrons. The molecule has 2 aromatic carbocycles. The molecule has 1 N–H and O–H groups in total. The van der Waals surface area contributed by atoms with Crippen molar-refractivity contribution < 1.29 is 9.18 Å². The van der Waals surface area contributed by atoms with Crippen molar-refractivity contribution in [2.24, 2.45) is 0 Å². The molecule has 1 amide bonds. The molecule has 0 saturated heterocycles. The minimum absolute atomic E-state index is 0.0267. The maximum Gasteiger partial charge on any atom is 0.228 e. The standard InChI is InChI=1S/C30H27FN4O/c1-30(2,3)24-5-4-6-25(18-24)34-29(36)17-22-7-8-23(15-26(22)31)27-19-33-28-16-21(11-14-35(27)28)20-9-12-32-13-10-20/h4-16,18-19H,17H2,1-3H3,(H,34,36). The highest BCUT2D eigenvalue weighted by molar-refractivity contribution is 5.92. The van der Waals surface area contributed by atoms with Crippen LogP contribution in [0.1, 0.15) is 31.9 Å². The SMILES string of the molecule is CC(C)(C)c1cccc(NC(=O)Cc2ccc(-c3cnc4cc(-c5ccncc5)ccn34)cc2F)c1. The van der Waals surface area contributed by atoms with Gasteiger partial charge in [0.05, 0.1) is 18.3 Å². The number of benzene rings is 2. The summed E-state index contributed by atoms with van der Waals surface area (Å²) in [4.78, 5) is 21.2. The smallest absolute Gasteiger partial charge is 0.228 e. The summed E-state index contributed by atoms with van der Waals surface area (Å²) in [6.07, 6.45) is 7.12. The van der Waals surface area contributed by atoms with Crippen molar-refractivity contribution in [2.75, 3.05) is 5.32 Å². The van der Waals surface area contributed by atoms with Gasteiger partial charge in [-0.05, 0) is 70.1 Å². The number of hydrogen-bond acceptors (Lipinski definition) is 3. The molecule has 36 heavy (non-hydrogen) atoms. The van der Waals surface area contributed by atoms with E-state index in [0.717, 1.165) is 28.0 Å². The fraction of sp³-hybridized carbons (Fsp3) is 0.167. The molecule has 0 aliphatic heterocycles. The number of pyridine rings is 2. The van der Waals surface area contributed by atoms with Gasteiger partial charge in [-0.3, -0.25) is 14.2 Å². The Labute approximate surface area is 209 Å². The molecule has 5 rings (SSSR count). The number of amides is 1. The van der Waals surface area contributed by atoms with Gasteiger partial charge in [0, 0.05) is 29.8 Å². The van der Waals surface area contributed by atoms with Gasteiger partial charge in [-0.25, -0.2) is 9.37 Å². The molecule has 0 radical (unpaired) electrons. The van der Waals surface area contributed by atoms with Gasteiger partial charge < -0.3 is 5.32 Å². The van der Waals surface area contributed by atoms with E-state index < -0.39 is 5.82 Å². The number of rotatable bonds is 5. The Morgan fingerprint density at radius 1 is 0.944 bits per heavy atom. The molecule has 5 nitrogen and oxygen atoms in total. The van der Waals surface area contributed by atoms with Gasteiger partial charge in [0.1, 0.15) is 11.5 Å². The van der Waals surface area contributed by atoms with E-state index in [1.807, 2.05) is 65.2 Å². The second-order valence-corrected chi connectivity index (χ2v) is 9.88. The third-order valence-electron chi connectivity index (χ3n) is 6.24. The monoisotopic (exact) mass is 478 g/mol. The van der Waals surface area contributed by atoms with Crippen molar-refractivity contribution in [3.05, 3.63) is 108 Å². The topological polar surface area (TPSA) is 59.3 Å². The number of fused-ring (bicyclic) bond motifs is 1. The summed E-state index contributed by atoms with van der Waals surface area (Å²) in [5, 5.41) is 2.89. The lowest BCUT2D eigenvalue weighted by molar-refractivity contribution is -0.115. The Hall–Kier alpha value is -4.32. The number of anilines is 1. The lowest BCUT2D eigenvalue weighted by atomic mass is 9.87. The summed E-state index contributed by atoms with van der Waals surface area (Å²) >= 11 is 0. The van der Waals surface area contributed by atoms with Crippen molar-refractivity contribution in [1.29, 1.82) is 0 Å². The predicted octanol–water partition coefficient (Wildman–Crippen LogP) is 6.68. The van der Waals surface area contributed by atoms with Gasteiger partial charge in [0.15, 0.2) is 0 Å². The zero-order valence-electron chi connectivity index (χ0n) is 20.5. The van der Waals surface area contributed by atoms with Crippen LogP contribution < -0.4 is 5.32 Å². The van der Waals surface area contributed by atoms with Crippen LogP contribution in [0.15, 0.2) is 91.5 Å². The van der Waals surface area contributed by atoms with E-state index >= 15 is 4.39 Å². The third kappa shape index (κ3) is 4.89. The first kappa shape index (κ1) is 23.4. The van der Waals surface area contributed by atoms with Gasteiger partial charge in [0.2, 0.25) is 5.91 Å². The van der Waals surface area contributed by atoms with Crippen molar-refractivity contribution in [3.63, 3.8) is 0 Å². The summed E-state index contributed by atoms with van der Waals surface area (Å²) in [6, 6.07) is 20.6. The minimum Gasteiger partial charge on any atom is -0.326 e. The molecule has 5 aromatic rings. The maximum atomic E-state index is 15.0. The highest BCUT2D eigenvalue weighted by Gasteiger charge is 2.16. The maximum absolute atomic E-state index is 15.0. The fourth-order valence-electron chi connectivity index (χ4n) is 4.21. The molecule has 0 atom stereocenters. The largest absolute Gasteiger partial charge is 0.326 e. The van der Waals surface area contributed by atoms with Crippen LogP contribution in [0.2, 0.25) is 0 Å². The first-order chi connectivity index (χ1) is 17.3. The van der Waals surface area contributed by atoms with Gasteiger partial charge in [-0.2, -0.15) is 0 Å². The van der Waals surface area contributed by atoms with E-state index in [-0.39, 0.29) is 17.7 Å². The molecule has 0 unspecified atom stereocenters.